The maximum atomic E-state index is 11.0. The van der Waals surface area contributed by atoms with Crippen molar-refractivity contribution in [3.63, 3.8) is 0 Å². The van der Waals surface area contributed by atoms with Gasteiger partial charge in [0.25, 0.3) is 5.69 Å². The molecule has 0 atom stereocenters. The van der Waals surface area contributed by atoms with E-state index in [9.17, 15) is 20.2 Å². The Bertz CT molecular complexity index is 770. The molecule has 0 N–H and O–H groups in total. The first-order chi connectivity index (χ1) is 10.9. The molecule has 0 aliphatic rings. The number of hydrogen-bond donors (Lipinski definition) is 0. The molecule has 0 fully saturated rings. The van der Waals surface area contributed by atoms with Crippen molar-refractivity contribution in [2.45, 2.75) is 0 Å². The maximum Gasteiger partial charge on any atom is 0.301 e. The molecular weight excluding hydrogens is 300 g/mol. The van der Waals surface area contributed by atoms with E-state index in [1.165, 1.54) is 18.3 Å². The van der Waals surface area contributed by atoms with E-state index >= 15 is 0 Å². The average molecular weight is 314 g/mol. The first kappa shape index (κ1) is 16.1. The molecule has 0 heterocycles. The minimum Gasteiger partial charge on any atom is -0.378 e. The number of hydrogen-bond acceptors (Lipinski definition) is 6. The molecule has 8 nitrogen and oxygen atoms in total. The van der Waals surface area contributed by atoms with Crippen molar-refractivity contribution in [3.8, 4) is 0 Å². The number of nitro benzene ring substituents is 2. The number of rotatable bonds is 5. The Morgan fingerprint density at radius 2 is 1.65 bits per heavy atom. The lowest BCUT2D eigenvalue weighted by Crippen LogP contribution is -2.08. The Morgan fingerprint density at radius 3 is 2.17 bits per heavy atom. The fraction of sp³-hybridized carbons (Fsp3) is 0.133. The molecule has 8 heteroatoms. The second-order valence-electron chi connectivity index (χ2n) is 4.93. The Kier molecular flexibility index (Phi) is 4.65. The topological polar surface area (TPSA) is 102 Å². The lowest BCUT2D eigenvalue weighted by Gasteiger charge is -2.11. The summed E-state index contributed by atoms with van der Waals surface area (Å²) in [6.07, 6.45) is 1.48. The number of nitrogens with zero attached hydrogens (tertiary/aromatic N) is 4. The quantitative estimate of drug-likeness (QED) is 0.478. The van der Waals surface area contributed by atoms with Crippen LogP contribution in [0.15, 0.2) is 47.5 Å². The zero-order valence-electron chi connectivity index (χ0n) is 12.5. The summed E-state index contributed by atoms with van der Waals surface area (Å²) in [5, 5.41) is 21.7. The highest BCUT2D eigenvalue weighted by Gasteiger charge is 2.18. The van der Waals surface area contributed by atoms with Crippen molar-refractivity contribution >= 4 is 29.0 Å². The Balaban J connectivity index is 2.31. The summed E-state index contributed by atoms with van der Waals surface area (Å²) in [5.41, 5.74) is 1.11. The molecule has 0 aliphatic heterocycles. The fourth-order valence-electron chi connectivity index (χ4n) is 1.88. The van der Waals surface area contributed by atoms with Gasteiger partial charge in [0, 0.05) is 32.1 Å². The van der Waals surface area contributed by atoms with Gasteiger partial charge in [-0.05, 0) is 23.8 Å². The monoisotopic (exact) mass is 314 g/mol. The van der Waals surface area contributed by atoms with Crippen molar-refractivity contribution in [2.75, 3.05) is 19.0 Å². The van der Waals surface area contributed by atoms with Crippen LogP contribution < -0.4 is 4.90 Å². The van der Waals surface area contributed by atoms with Gasteiger partial charge in [0.05, 0.1) is 15.9 Å². The minimum absolute atomic E-state index is 0.0669. The van der Waals surface area contributed by atoms with Crippen LogP contribution in [0.4, 0.5) is 22.7 Å². The second-order valence-corrected chi connectivity index (χ2v) is 4.93. The van der Waals surface area contributed by atoms with E-state index < -0.39 is 15.5 Å². The number of non-ortho nitro benzene ring substituents is 1. The van der Waals surface area contributed by atoms with Crippen LogP contribution in [0.5, 0.6) is 0 Å². The molecule has 0 saturated heterocycles. The predicted octanol–water partition coefficient (Wildman–Crippen LogP) is 3.32. The Morgan fingerprint density at radius 1 is 1.00 bits per heavy atom. The van der Waals surface area contributed by atoms with E-state index in [0.717, 1.165) is 17.3 Å². The molecule has 0 bridgehead atoms. The SMILES string of the molecule is CN(C)c1ccc(C=Nc2ccc([N+](=O)[O-])cc2[N+](=O)[O-])cc1. The number of anilines is 1. The molecule has 0 amide bonds. The van der Waals surface area contributed by atoms with Gasteiger partial charge in [-0.2, -0.15) is 0 Å². The normalized spacial score (nSPS) is 10.7. The smallest absolute Gasteiger partial charge is 0.301 e. The highest BCUT2D eigenvalue weighted by Crippen LogP contribution is 2.31. The molecule has 0 saturated carbocycles. The summed E-state index contributed by atoms with van der Waals surface area (Å²) in [5.74, 6) is 0. The first-order valence-corrected chi connectivity index (χ1v) is 6.63. The van der Waals surface area contributed by atoms with Crippen LogP contribution >= 0.6 is 0 Å². The van der Waals surface area contributed by atoms with Gasteiger partial charge < -0.3 is 4.90 Å². The molecule has 0 spiro atoms. The molecule has 2 aromatic carbocycles. The number of benzene rings is 2. The third-order valence-corrected chi connectivity index (χ3v) is 3.13. The van der Waals surface area contributed by atoms with Crippen molar-refractivity contribution < 1.29 is 9.85 Å². The molecule has 0 radical (unpaired) electrons. The molecule has 0 unspecified atom stereocenters. The molecule has 0 aliphatic carbocycles. The van der Waals surface area contributed by atoms with Crippen LogP contribution in [0.3, 0.4) is 0 Å². The maximum absolute atomic E-state index is 11.0. The lowest BCUT2D eigenvalue weighted by molar-refractivity contribution is -0.393. The zero-order valence-corrected chi connectivity index (χ0v) is 12.5. The van der Waals surface area contributed by atoms with Gasteiger partial charge in [0.2, 0.25) is 0 Å². The average Bonchev–Trinajstić information content (AvgIpc) is 2.52. The first-order valence-electron chi connectivity index (χ1n) is 6.63. The number of nitro groups is 2. The summed E-state index contributed by atoms with van der Waals surface area (Å²) >= 11 is 0. The molecule has 118 valence electrons. The number of aliphatic imine (C=N–C) groups is 1. The van der Waals surface area contributed by atoms with Crippen LogP contribution in [0, 0.1) is 20.2 Å². The van der Waals surface area contributed by atoms with E-state index in [-0.39, 0.29) is 11.4 Å². The van der Waals surface area contributed by atoms with Gasteiger partial charge in [0.1, 0.15) is 5.69 Å². The molecule has 2 rings (SSSR count). The van der Waals surface area contributed by atoms with Gasteiger partial charge in [-0.1, -0.05) is 12.1 Å². The molecule has 23 heavy (non-hydrogen) atoms. The molecular formula is C15H14N4O4. The summed E-state index contributed by atoms with van der Waals surface area (Å²) < 4.78 is 0. The summed E-state index contributed by atoms with van der Waals surface area (Å²) in [6, 6.07) is 10.8. The van der Waals surface area contributed by atoms with Crippen molar-refractivity contribution in [1.82, 2.24) is 0 Å². The Labute approximate surface area is 132 Å². The van der Waals surface area contributed by atoms with E-state index in [1.54, 1.807) is 0 Å². The standard InChI is InChI=1S/C15H14N4O4/c1-17(2)12-5-3-11(4-6-12)10-16-14-8-7-13(18(20)21)9-15(14)19(22)23/h3-10H,1-2H3. The summed E-state index contributed by atoms with van der Waals surface area (Å²) in [7, 11) is 3.84. The second kappa shape index (κ2) is 6.65. The third-order valence-electron chi connectivity index (χ3n) is 3.13. The summed E-state index contributed by atoms with van der Waals surface area (Å²) in [6.45, 7) is 0. The highest BCUT2D eigenvalue weighted by atomic mass is 16.6. The van der Waals surface area contributed by atoms with Gasteiger partial charge in [0.15, 0.2) is 0 Å². The summed E-state index contributed by atoms with van der Waals surface area (Å²) in [4.78, 5) is 26.4. The fourth-order valence-corrected chi connectivity index (χ4v) is 1.88. The van der Waals surface area contributed by atoms with Crippen LogP contribution in [-0.4, -0.2) is 30.2 Å². The zero-order chi connectivity index (χ0) is 17.0. The van der Waals surface area contributed by atoms with Gasteiger partial charge >= 0.3 is 5.69 Å². The van der Waals surface area contributed by atoms with Crippen molar-refractivity contribution in [1.29, 1.82) is 0 Å². The van der Waals surface area contributed by atoms with E-state index in [0.29, 0.717) is 0 Å². The highest BCUT2D eigenvalue weighted by molar-refractivity contribution is 5.84. The van der Waals surface area contributed by atoms with Gasteiger partial charge in [-0.15, -0.1) is 0 Å². The van der Waals surface area contributed by atoms with Crippen LogP contribution in [0.25, 0.3) is 0 Å². The van der Waals surface area contributed by atoms with E-state index in [2.05, 4.69) is 4.99 Å². The van der Waals surface area contributed by atoms with Crippen LogP contribution in [0.1, 0.15) is 5.56 Å². The van der Waals surface area contributed by atoms with E-state index in [4.69, 9.17) is 0 Å². The van der Waals surface area contributed by atoms with Crippen molar-refractivity contribution in [3.05, 3.63) is 68.3 Å². The largest absolute Gasteiger partial charge is 0.378 e. The molecule has 2 aromatic rings. The van der Waals surface area contributed by atoms with E-state index in [1.807, 2.05) is 43.3 Å². The predicted molar refractivity (Wildman–Crippen MR) is 87.8 cm³/mol. The molecule has 0 aromatic heterocycles. The third kappa shape index (κ3) is 3.88. The minimum atomic E-state index is -0.686. The van der Waals surface area contributed by atoms with Crippen LogP contribution in [0.2, 0.25) is 0 Å². The van der Waals surface area contributed by atoms with Gasteiger partial charge in [-0.25, -0.2) is 4.99 Å². The van der Waals surface area contributed by atoms with Crippen molar-refractivity contribution in [2.24, 2.45) is 4.99 Å². The Hall–Kier alpha value is -3.29. The van der Waals surface area contributed by atoms with Crippen LogP contribution in [-0.2, 0) is 0 Å². The lowest BCUT2D eigenvalue weighted by atomic mass is 10.2. The van der Waals surface area contributed by atoms with Gasteiger partial charge in [-0.3, -0.25) is 20.2 Å².